The fraction of sp³-hybridized carbons (Fsp3) is 0.185. The van der Waals surface area contributed by atoms with Gasteiger partial charge in [-0.05, 0) is 36.8 Å². The maximum absolute atomic E-state index is 6.46. The van der Waals surface area contributed by atoms with Gasteiger partial charge >= 0.3 is 0 Å². The summed E-state index contributed by atoms with van der Waals surface area (Å²) in [7, 11) is 3.69. The zero-order chi connectivity index (χ0) is 22.8. The molecule has 1 N–H and O–H groups in total. The summed E-state index contributed by atoms with van der Waals surface area (Å²) in [5, 5.41) is 0. The molecule has 6 heteroatoms. The van der Waals surface area contributed by atoms with Gasteiger partial charge in [0.2, 0.25) is 0 Å². The van der Waals surface area contributed by atoms with Gasteiger partial charge in [-0.25, -0.2) is 9.97 Å². The summed E-state index contributed by atoms with van der Waals surface area (Å²) in [6.07, 6.45) is 1.55. The smallest absolute Gasteiger partial charge is 0.143 e. The number of aromatic nitrogens is 4. The molecule has 0 spiro atoms. The average Bonchev–Trinajstić information content (AvgIpc) is 3.45. The number of nitrogens with zero attached hydrogens (tertiary/aromatic N) is 3. The molecule has 0 radical (unpaired) electrons. The molecule has 0 aliphatic carbocycles. The first-order chi connectivity index (χ1) is 16.1. The third kappa shape index (κ3) is 4.13. The molecule has 1 unspecified atom stereocenters. The van der Waals surface area contributed by atoms with Gasteiger partial charge in [-0.3, -0.25) is 0 Å². The number of fused-ring (bicyclic) bond motifs is 1. The second kappa shape index (κ2) is 8.92. The second-order valence-corrected chi connectivity index (χ2v) is 8.06. The third-order valence-electron chi connectivity index (χ3n) is 5.83. The molecule has 0 bridgehead atoms. The van der Waals surface area contributed by atoms with Crippen LogP contribution in [0.15, 0.2) is 79.0 Å². The van der Waals surface area contributed by atoms with E-state index in [9.17, 15) is 0 Å². The van der Waals surface area contributed by atoms with E-state index in [2.05, 4.69) is 46.8 Å². The molecule has 0 aliphatic heterocycles. The number of ether oxygens (including phenoxy) is 2. The molecule has 33 heavy (non-hydrogen) atoms. The number of aromatic amines is 1. The van der Waals surface area contributed by atoms with Crippen molar-refractivity contribution in [2.45, 2.75) is 19.6 Å². The van der Waals surface area contributed by atoms with E-state index in [1.807, 2.05) is 55.7 Å². The van der Waals surface area contributed by atoms with Crippen molar-refractivity contribution in [3.8, 4) is 17.1 Å². The number of benzene rings is 3. The lowest BCUT2D eigenvalue weighted by molar-refractivity contribution is 0.0578. The number of imidazole rings is 2. The molecule has 0 aliphatic rings. The second-order valence-electron chi connectivity index (χ2n) is 8.06. The lowest BCUT2D eigenvalue weighted by Crippen LogP contribution is -2.12. The summed E-state index contributed by atoms with van der Waals surface area (Å²) in [6.45, 7) is 2.42. The van der Waals surface area contributed by atoms with E-state index < -0.39 is 0 Å². The minimum absolute atomic E-state index is 0.325. The number of aryl methyl sites for hydroxylation is 2. The molecule has 6 nitrogen and oxygen atoms in total. The van der Waals surface area contributed by atoms with Crippen molar-refractivity contribution in [3.63, 3.8) is 0 Å². The van der Waals surface area contributed by atoms with E-state index in [0.717, 1.165) is 45.3 Å². The first-order valence-corrected chi connectivity index (χ1v) is 10.9. The molecule has 0 saturated carbocycles. The monoisotopic (exact) mass is 438 g/mol. The van der Waals surface area contributed by atoms with E-state index in [0.29, 0.717) is 6.61 Å². The first-order valence-electron chi connectivity index (χ1n) is 10.9. The van der Waals surface area contributed by atoms with Crippen LogP contribution in [-0.2, 0) is 18.4 Å². The zero-order valence-corrected chi connectivity index (χ0v) is 18.9. The number of rotatable bonds is 7. The standard InChI is InChI=1S/C27H26N4O2/c1-18-12-14-19(15-13-18)25(27-30-22-9-5-6-10-23(22)31(27)2)33-17-20-16-28-26(29-20)21-8-4-7-11-24(21)32-3/h4-16,25H,17H2,1-3H3,(H,28,29). The topological polar surface area (TPSA) is 65.0 Å². The van der Waals surface area contributed by atoms with Crippen LogP contribution in [-0.4, -0.2) is 26.6 Å². The van der Waals surface area contributed by atoms with Crippen LogP contribution in [0.3, 0.4) is 0 Å². The lowest BCUT2D eigenvalue weighted by atomic mass is 10.1. The summed E-state index contributed by atoms with van der Waals surface area (Å²) >= 11 is 0. The number of H-pyrrole nitrogens is 1. The molecule has 3 aromatic carbocycles. The molecule has 5 rings (SSSR count). The van der Waals surface area contributed by atoms with Gasteiger partial charge in [-0.2, -0.15) is 0 Å². The molecule has 166 valence electrons. The van der Waals surface area contributed by atoms with Crippen molar-refractivity contribution in [3.05, 3.63) is 102 Å². The number of hydrogen-bond acceptors (Lipinski definition) is 4. The van der Waals surface area contributed by atoms with Crippen LogP contribution >= 0.6 is 0 Å². The van der Waals surface area contributed by atoms with Crippen LogP contribution in [0.25, 0.3) is 22.4 Å². The van der Waals surface area contributed by atoms with Crippen molar-refractivity contribution >= 4 is 11.0 Å². The van der Waals surface area contributed by atoms with Crippen molar-refractivity contribution in [2.75, 3.05) is 7.11 Å². The Labute approximate surface area is 192 Å². The van der Waals surface area contributed by atoms with Crippen LogP contribution in [0.5, 0.6) is 5.75 Å². The molecule has 1 atom stereocenters. The largest absolute Gasteiger partial charge is 0.496 e. The van der Waals surface area contributed by atoms with E-state index in [-0.39, 0.29) is 6.10 Å². The van der Waals surface area contributed by atoms with E-state index >= 15 is 0 Å². The molecular formula is C27H26N4O2. The summed E-state index contributed by atoms with van der Waals surface area (Å²) in [4.78, 5) is 12.9. The molecule has 0 fully saturated rings. The van der Waals surface area contributed by atoms with Crippen LogP contribution < -0.4 is 4.74 Å². The Hall–Kier alpha value is -3.90. The van der Waals surface area contributed by atoms with E-state index in [1.165, 1.54) is 5.56 Å². The zero-order valence-electron chi connectivity index (χ0n) is 18.9. The van der Waals surface area contributed by atoms with Crippen molar-refractivity contribution in [1.82, 2.24) is 19.5 Å². The number of hydrogen-bond donors (Lipinski definition) is 1. The average molecular weight is 439 g/mol. The molecule has 2 heterocycles. The van der Waals surface area contributed by atoms with Gasteiger partial charge in [0.1, 0.15) is 23.5 Å². The van der Waals surface area contributed by atoms with Gasteiger partial charge < -0.3 is 19.0 Å². The van der Waals surface area contributed by atoms with Crippen LogP contribution in [0, 0.1) is 6.92 Å². The van der Waals surface area contributed by atoms with Gasteiger partial charge in [0.05, 0.1) is 36.0 Å². The van der Waals surface area contributed by atoms with Crippen molar-refractivity contribution in [1.29, 1.82) is 0 Å². The molecule has 0 amide bonds. The molecular weight excluding hydrogens is 412 g/mol. The third-order valence-corrected chi connectivity index (χ3v) is 5.83. The maximum atomic E-state index is 6.46. The molecule has 0 saturated heterocycles. The summed E-state index contributed by atoms with van der Waals surface area (Å²) < 4.78 is 14.0. The normalized spacial score (nSPS) is 12.2. The highest BCUT2D eigenvalue weighted by Crippen LogP contribution is 2.30. The predicted molar refractivity (Wildman–Crippen MR) is 129 cm³/mol. The Morgan fingerprint density at radius 3 is 2.48 bits per heavy atom. The van der Waals surface area contributed by atoms with Crippen molar-refractivity contribution in [2.24, 2.45) is 7.05 Å². The minimum Gasteiger partial charge on any atom is -0.496 e. The van der Waals surface area contributed by atoms with Crippen LogP contribution in [0.2, 0.25) is 0 Å². The Morgan fingerprint density at radius 1 is 0.939 bits per heavy atom. The highest BCUT2D eigenvalue weighted by molar-refractivity contribution is 5.76. The van der Waals surface area contributed by atoms with Gasteiger partial charge in [0, 0.05) is 13.2 Å². The Morgan fingerprint density at radius 2 is 1.70 bits per heavy atom. The molecule has 2 aromatic heterocycles. The van der Waals surface area contributed by atoms with E-state index in [4.69, 9.17) is 19.4 Å². The summed E-state index contributed by atoms with van der Waals surface area (Å²) in [6, 6.07) is 24.4. The number of para-hydroxylation sites is 3. The number of methoxy groups -OCH3 is 1. The van der Waals surface area contributed by atoms with Gasteiger partial charge in [-0.15, -0.1) is 0 Å². The van der Waals surface area contributed by atoms with Gasteiger partial charge in [0.15, 0.2) is 0 Å². The summed E-state index contributed by atoms with van der Waals surface area (Å²) in [5.41, 5.74) is 6.01. The summed E-state index contributed by atoms with van der Waals surface area (Å²) in [5.74, 6) is 2.39. The fourth-order valence-electron chi connectivity index (χ4n) is 4.04. The molecule has 5 aromatic rings. The Kier molecular flexibility index (Phi) is 5.67. The van der Waals surface area contributed by atoms with Gasteiger partial charge in [-0.1, -0.05) is 54.1 Å². The predicted octanol–water partition coefficient (Wildman–Crippen LogP) is 5.59. The Balaban J connectivity index is 1.45. The fourth-order valence-corrected chi connectivity index (χ4v) is 4.04. The maximum Gasteiger partial charge on any atom is 0.143 e. The van der Waals surface area contributed by atoms with Crippen LogP contribution in [0.4, 0.5) is 0 Å². The minimum atomic E-state index is -0.325. The van der Waals surface area contributed by atoms with Gasteiger partial charge in [0.25, 0.3) is 0 Å². The first kappa shape index (κ1) is 21.0. The van der Waals surface area contributed by atoms with E-state index in [1.54, 1.807) is 7.11 Å². The lowest BCUT2D eigenvalue weighted by Gasteiger charge is -2.18. The van der Waals surface area contributed by atoms with Crippen molar-refractivity contribution < 1.29 is 9.47 Å². The number of nitrogens with one attached hydrogen (secondary N) is 1. The Bertz CT molecular complexity index is 1390. The van der Waals surface area contributed by atoms with Crippen LogP contribution in [0.1, 0.15) is 28.7 Å². The quantitative estimate of drug-likeness (QED) is 0.360. The highest BCUT2D eigenvalue weighted by atomic mass is 16.5. The SMILES string of the molecule is COc1ccccc1-c1nc(COC(c2ccc(C)cc2)c2nc3ccccc3n2C)c[nH]1. The highest BCUT2D eigenvalue weighted by Gasteiger charge is 2.22.